The molecule has 1 amide bonds. The van der Waals surface area contributed by atoms with Crippen LogP contribution in [0.25, 0.3) is 0 Å². The molecular formula is C21H20FN3O3. The van der Waals surface area contributed by atoms with Crippen molar-refractivity contribution >= 4 is 5.91 Å². The Hall–Kier alpha value is -3.35. The normalized spacial score (nSPS) is 13.1. The summed E-state index contributed by atoms with van der Waals surface area (Å²) in [7, 11) is 1.59. The van der Waals surface area contributed by atoms with Crippen LogP contribution in [0.5, 0.6) is 11.5 Å². The number of benzene rings is 2. The zero-order valence-corrected chi connectivity index (χ0v) is 15.5. The van der Waals surface area contributed by atoms with Crippen LogP contribution in [0.1, 0.15) is 21.7 Å². The summed E-state index contributed by atoms with van der Waals surface area (Å²) in [6.45, 7) is 1.73. The standard InChI is InChI=1S/C21H20FN3O3/c1-27-20-18(14-28-17-5-3-2-4-6-17)23-25-12-11-24(13-19(20)25)21(26)15-7-9-16(22)10-8-15/h2-10H,11-14H2,1H3. The maximum atomic E-state index is 13.1. The zero-order valence-electron chi connectivity index (χ0n) is 15.5. The molecule has 1 aromatic heterocycles. The van der Waals surface area contributed by atoms with Gasteiger partial charge in [0.15, 0.2) is 5.75 Å². The fourth-order valence-electron chi connectivity index (χ4n) is 3.30. The zero-order chi connectivity index (χ0) is 19.5. The number of methoxy groups -OCH3 is 1. The van der Waals surface area contributed by atoms with Crippen molar-refractivity contribution in [3.63, 3.8) is 0 Å². The van der Waals surface area contributed by atoms with E-state index in [4.69, 9.17) is 9.47 Å². The third-order valence-corrected chi connectivity index (χ3v) is 4.70. The number of halogens is 1. The Bertz CT molecular complexity index is 971. The molecule has 0 bridgehead atoms. The van der Waals surface area contributed by atoms with E-state index >= 15 is 0 Å². The molecule has 0 atom stereocenters. The summed E-state index contributed by atoms with van der Waals surface area (Å²) < 4.78 is 26.3. The van der Waals surface area contributed by atoms with Gasteiger partial charge in [-0.25, -0.2) is 4.39 Å². The molecule has 0 saturated carbocycles. The van der Waals surface area contributed by atoms with Gasteiger partial charge < -0.3 is 14.4 Å². The van der Waals surface area contributed by atoms with E-state index in [1.807, 2.05) is 35.0 Å². The third kappa shape index (κ3) is 3.55. The summed E-state index contributed by atoms with van der Waals surface area (Å²) in [5.41, 5.74) is 1.98. The molecule has 1 aliphatic rings. The molecule has 28 heavy (non-hydrogen) atoms. The van der Waals surface area contributed by atoms with Crippen molar-refractivity contribution in [3.8, 4) is 11.5 Å². The topological polar surface area (TPSA) is 56.6 Å². The first-order valence-electron chi connectivity index (χ1n) is 9.01. The number of rotatable bonds is 5. The molecular weight excluding hydrogens is 361 g/mol. The van der Waals surface area contributed by atoms with Crippen LogP contribution < -0.4 is 9.47 Å². The van der Waals surface area contributed by atoms with E-state index in [1.54, 1.807) is 12.0 Å². The van der Waals surface area contributed by atoms with E-state index < -0.39 is 0 Å². The van der Waals surface area contributed by atoms with Crippen molar-refractivity contribution in [1.29, 1.82) is 0 Å². The molecule has 144 valence electrons. The highest BCUT2D eigenvalue weighted by atomic mass is 19.1. The van der Waals surface area contributed by atoms with Gasteiger partial charge in [0, 0.05) is 12.1 Å². The highest BCUT2D eigenvalue weighted by Gasteiger charge is 2.28. The summed E-state index contributed by atoms with van der Waals surface area (Å²) in [5.74, 6) is 0.880. The molecule has 0 spiro atoms. The maximum Gasteiger partial charge on any atom is 0.254 e. The molecule has 1 aliphatic heterocycles. The van der Waals surface area contributed by atoms with Crippen LogP contribution in [0.2, 0.25) is 0 Å². The maximum absolute atomic E-state index is 13.1. The van der Waals surface area contributed by atoms with E-state index in [-0.39, 0.29) is 18.3 Å². The molecule has 6 nitrogen and oxygen atoms in total. The van der Waals surface area contributed by atoms with Gasteiger partial charge in [-0.3, -0.25) is 9.48 Å². The lowest BCUT2D eigenvalue weighted by molar-refractivity contribution is 0.0704. The van der Waals surface area contributed by atoms with E-state index in [0.717, 1.165) is 11.4 Å². The van der Waals surface area contributed by atoms with Crippen molar-refractivity contribution in [2.45, 2.75) is 19.7 Å². The van der Waals surface area contributed by atoms with Gasteiger partial charge in [-0.05, 0) is 36.4 Å². The number of carbonyl (C=O) groups excluding carboxylic acids is 1. The number of hydrogen-bond donors (Lipinski definition) is 0. The molecule has 0 fully saturated rings. The number of para-hydroxylation sites is 1. The Morgan fingerprint density at radius 3 is 2.57 bits per heavy atom. The predicted molar refractivity (Wildman–Crippen MR) is 101 cm³/mol. The highest BCUT2D eigenvalue weighted by molar-refractivity contribution is 5.94. The molecule has 7 heteroatoms. The predicted octanol–water partition coefficient (Wildman–Crippen LogP) is 3.27. The van der Waals surface area contributed by atoms with E-state index in [2.05, 4.69) is 5.10 Å². The fraction of sp³-hybridized carbons (Fsp3) is 0.238. The molecule has 4 rings (SSSR count). The van der Waals surface area contributed by atoms with Gasteiger partial charge in [0.2, 0.25) is 0 Å². The highest BCUT2D eigenvalue weighted by Crippen LogP contribution is 2.29. The van der Waals surface area contributed by atoms with Crippen LogP contribution in [0.3, 0.4) is 0 Å². The Morgan fingerprint density at radius 1 is 1.11 bits per heavy atom. The van der Waals surface area contributed by atoms with E-state index in [9.17, 15) is 9.18 Å². The fourth-order valence-corrected chi connectivity index (χ4v) is 3.30. The lowest BCUT2D eigenvalue weighted by Crippen LogP contribution is -2.38. The second kappa shape index (κ2) is 7.72. The minimum atomic E-state index is -0.363. The molecule has 0 unspecified atom stereocenters. The first-order valence-corrected chi connectivity index (χ1v) is 9.01. The van der Waals surface area contributed by atoms with Crippen LogP contribution in [0.4, 0.5) is 4.39 Å². The van der Waals surface area contributed by atoms with Crippen molar-refractivity contribution in [1.82, 2.24) is 14.7 Å². The number of carbonyl (C=O) groups is 1. The van der Waals surface area contributed by atoms with Crippen LogP contribution in [0.15, 0.2) is 54.6 Å². The van der Waals surface area contributed by atoms with Crippen molar-refractivity contribution in [2.24, 2.45) is 0 Å². The minimum absolute atomic E-state index is 0.142. The molecule has 0 saturated heterocycles. The second-order valence-electron chi connectivity index (χ2n) is 6.49. The SMILES string of the molecule is COc1c(COc2ccccc2)nn2c1CN(C(=O)c1ccc(F)cc1)CC2. The van der Waals surface area contributed by atoms with Gasteiger partial charge in [-0.15, -0.1) is 0 Å². The van der Waals surface area contributed by atoms with E-state index in [1.165, 1.54) is 24.3 Å². The number of nitrogens with zero attached hydrogens (tertiary/aromatic N) is 3. The first-order chi connectivity index (χ1) is 13.7. The molecule has 3 aromatic rings. The smallest absolute Gasteiger partial charge is 0.254 e. The Morgan fingerprint density at radius 2 is 1.86 bits per heavy atom. The van der Waals surface area contributed by atoms with Gasteiger partial charge >= 0.3 is 0 Å². The largest absolute Gasteiger partial charge is 0.493 e. The molecule has 0 N–H and O–H groups in total. The number of hydrogen-bond acceptors (Lipinski definition) is 4. The summed E-state index contributed by atoms with van der Waals surface area (Å²) in [4.78, 5) is 14.5. The molecule has 2 heterocycles. The lowest BCUT2D eigenvalue weighted by atomic mass is 10.1. The van der Waals surface area contributed by atoms with Crippen molar-refractivity contribution in [3.05, 3.63) is 77.4 Å². The average molecular weight is 381 g/mol. The summed E-state index contributed by atoms with van der Waals surface area (Å²) in [6.07, 6.45) is 0. The molecule has 0 radical (unpaired) electrons. The monoisotopic (exact) mass is 381 g/mol. The number of fused-ring (bicyclic) bond motifs is 1. The van der Waals surface area contributed by atoms with Gasteiger partial charge in [-0.2, -0.15) is 5.10 Å². The Balaban J connectivity index is 1.52. The van der Waals surface area contributed by atoms with Gasteiger partial charge in [0.1, 0.15) is 29.6 Å². The Kier molecular flexibility index (Phi) is 4.97. The molecule has 0 aliphatic carbocycles. The van der Waals surface area contributed by atoms with Gasteiger partial charge in [0.05, 0.1) is 20.2 Å². The molecule has 2 aromatic carbocycles. The quantitative estimate of drug-likeness (QED) is 0.681. The number of aromatic nitrogens is 2. The Labute approximate surface area is 162 Å². The lowest BCUT2D eigenvalue weighted by Gasteiger charge is -2.28. The van der Waals surface area contributed by atoms with Crippen LogP contribution in [-0.4, -0.2) is 34.2 Å². The number of amides is 1. The van der Waals surface area contributed by atoms with Crippen LogP contribution in [-0.2, 0) is 19.7 Å². The van der Waals surface area contributed by atoms with Crippen LogP contribution in [0, 0.1) is 5.82 Å². The summed E-state index contributed by atoms with van der Waals surface area (Å²) in [5, 5.41) is 4.59. The average Bonchev–Trinajstić information content (AvgIpc) is 3.09. The second-order valence-corrected chi connectivity index (χ2v) is 6.49. The van der Waals surface area contributed by atoms with Crippen molar-refractivity contribution in [2.75, 3.05) is 13.7 Å². The number of ether oxygens (including phenoxy) is 2. The van der Waals surface area contributed by atoms with Crippen molar-refractivity contribution < 1.29 is 18.7 Å². The summed E-state index contributed by atoms with van der Waals surface area (Å²) >= 11 is 0. The van der Waals surface area contributed by atoms with Gasteiger partial charge in [0.25, 0.3) is 5.91 Å². The first kappa shape index (κ1) is 18.0. The minimum Gasteiger partial charge on any atom is -0.493 e. The van der Waals surface area contributed by atoms with Crippen LogP contribution >= 0.6 is 0 Å². The van der Waals surface area contributed by atoms with Gasteiger partial charge in [-0.1, -0.05) is 18.2 Å². The summed E-state index contributed by atoms with van der Waals surface area (Å²) in [6, 6.07) is 15.1. The van der Waals surface area contributed by atoms with E-state index in [0.29, 0.717) is 36.6 Å². The third-order valence-electron chi connectivity index (χ3n) is 4.70.